The lowest BCUT2D eigenvalue weighted by Gasteiger charge is -2.59. The monoisotopic (exact) mass is 565 g/mol. The molecular weight excluding hydrogens is 524 g/mol. The number of amides is 2. The van der Waals surface area contributed by atoms with Crippen LogP contribution in [-0.4, -0.2) is 33.7 Å². The molecule has 0 aromatic carbocycles. The molecule has 3 heterocycles. The number of nitrogens with zero attached hydrogens (tertiary/aromatic N) is 3. The molecule has 9 heteroatoms. The number of allylic oxidation sites excluding steroid dienone is 2. The first-order chi connectivity index (χ1) is 19.4. The zero-order valence-corrected chi connectivity index (χ0v) is 24.4. The Kier molecular flexibility index (Phi) is 7.92. The third kappa shape index (κ3) is 5.47. The molecule has 1 saturated heterocycles. The van der Waals surface area contributed by atoms with Gasteiger partial charge in [-0.25, -0.2) is 18.7 Å². The van der Waals surface area contributed by atoms with Gasteiger partial charge in [0.2, 0.25) is 11.8 Å². The molecule has 6 rings (SSSR count). The van der Waals surface area contributed by atoms with Crippen LogP contribution in [0.4, 0.5) is 20.4 Å². The van der Waals surface area contributed by atoms with Crippen molar-refractivity contribution in [2.75, 3.05) is 18.1 Å². The summed E-state index contributed by atoms with van der Waals surface area (Å²) in [4.78, 5) is 34.7. The highest BCUT2D eigenvalue weighted by atomic mass is 19.1. The molecule has 3 unspecified atom stereocenters. The third-order valence-corrected chi connectivity index (χ3v) is 10.7. The molecular formula is C32H41F2N5O2. The van der Waals surface area contributed by atoms with Gasteiger partial charge in [-0.05, 0) is 98.8 Å². The van der Waals surface area contributed by atoms with E-state index < -0.39 is 5.82 Å². The van der Waals surface area contributed by atoms with Gasteiger partial charge in [0.1, 0.15) is 23.3 Å². The quantitative estimate of drug-likeness (QED) is 0.452. The Morgan fingerprint density at radius 3 is 2.39 bits per heavy atom. The number of rotatable bonds is 3. The molecule has 0 bridgehead atoms. The first kappa shape index (κ1) is 29.1. The Balaban J connectivity index is 0.000000365. The minimum atomic E-state index is -0.405. The van der Waals surface area contributed by atoms with E-state index >= 15 is 0 Å². The maximum absolute atomic E-state index is 13.1. The van der Waals surface area contributed by atoms with Gasteiger partial charge in [0, 0.05) is 31.0 Å². The maximum Gasteiger partial charge on any atom is 0.226 e. The van der Waals surface area contributed by atoms with E-state index in [1.54, 1.807) is 0 Å². The van der Waals surface area contributed by atoms with Crippen LogP contribution in [0.3, 0.4) is 0 Å². The standard InChI is InChI=1S/C27H36FN3O2.C5H5FN2/c1-16-13-19-20-7-5-17(14-23(32)30-22-8-6-18(28)15-29-22)26(20,2)11-9-21(19)27(3)12-10-24(33)31(4)25(16)27;6-4-1-2-5(7)8-3-4/h6,8,15,17,19-21H,5,7,9-14H2,1-4H3,(H,29,30,32);1-3H,(H2,7,8)/t17-,19?,20?,21?,26-,27-;/m1./s1. The normalized spacial score (nSPS) is 32.3. The molecule has 6 atom stereocenters. The van der Waals surface area contributed by atoms with Gasteiger partial charge >= 0.3 is 0 Å². The van der Waals surface area contributed by atoms with Crippen molar-refractivity contribution in [2.24, 2.45) is 34.5 Å². The number of nitrogens with one attached hydrogen (secondary N) is 1. The fourth-order valence-corrected chi connectivity index (χ4v) is 8.81. The molecule has 2 aromatic heterocycles. The Bertz CT molecular complexity index is 1310. The number of piperidine rings is 1. The topological polar surface area (TPSA) is 101 Å². The number of pyridine rings is 2. The maximum atomic E-state index is 13.1. The fraction of sp³-hybridized carbons (Fsp3) is 0.562. The van der Waals surface area contributed by atoms with E-state index in [1.807, 2.05) is 11.9 Å². The zero-order chi connectivity index (χ0) is 29.5. The second kappa shape index (κ2) is 11.1. The van der Waals surface area contributed by atoms with Crippen LogP contribution >= 0.6 is 0 Å². The van der Waals surface area contributed by atoms with Crippen molar-refractivity contribution in [2.45, 2.75) is 72.1 Å². The fourth-order valence-electron chi connectivity index (χ4n) is 8.81. The number of aromatic nitrogens is 2. The summed E-state index contributed by atoms with van der Waals surface area (Å²) in [6.45, 7) is 7.06. The van der Waals surface area contributed by atoms with Crippen molar-refractivity contribution < 1.29 is 18.4 Å². The largest absolute Gasteiger partial charge is 0.384 e. The van der Waals surface area contributed by atoms with E-state index in [-0.39, 0.29) is 28.5 Å². The molecule has 220 valence electrons. The van der Waals surface area contributed by atoms with Crippen LogP contribution in [-0.2, 0) is 9.59 Å². The van der Waals surface area contributed by atoms with Gasteiger partial charge in [0.15, 0.2) is 0 Å². The van der Waals surface area contributed by atoms with Crippen LogP contribution in [0.2, 0.25) is 0 Å². The number of halogens is 2. The van der Waals surface area contributed by atoms with E-state index in [4.69, 9.17) is 5.73 Å². The molecule has 0 spiro atoms. The highest BCUT2D eigenvalue weighted by molar-refractivity contribution is 5.90. The summed E-state index contributed by atoms with van der Waals surface area (Å²) in [5.41, 5.74) is 8.09. The van der Waals surface area contributed by atoms with E-state index in [0.29, 0.717) is 48.1 Å². The summed E-state index contributed by atoms with van der Waals surface area (Å²) in [7, 11) is 1.96. The predicted octanol–water partition coefficient (Wildman–Crippen LogP) is 6.35. The van der Waals surface area contributed by atoms with E-state index in [0.717, 1.165) is 38.1 Å². The summed E-state index contributed by atoms with van der Waals surface area (Å²) < 4.78 is 25.1. The third-order valence-electron chi connectivity index (χ3n) is 10.7. The van der Waals surface area contributed by atoms with Crippen molar-refractivity contribution in [3.05, 3.63) is 59.6 Å². The summed E-state index contributed by atoms with van der Waals surface area (Å²) in [6.07, 6.45) is 9.97. The number of fused-ring (bicyclic) bond motifs is 5. The lowest BCUT2D eigenvalue weighted by Crippen LogP contribution is -2.54. The number of carbonyl (C=O) groups excluding carboxylic acids is 2. The van der Waals surface area contributed by atoms with Crippen LogP contribution < -0.4 is 11.1 Å². The minimum absolute atomic E-state index is 0.0236. The molecule has 2 amide bonds. The molecule has 41 heavy (non-hydrogen) atoms. The number of hydrogen-bond donors (Lipinski definition) is 2. The molecule has 3 N–H and O–H groups in total. The number of nitrogen functional groups attached to an aromatic ring is 1. The molecule has 1 aliphatic heterocycles. The molecule has 4 aliphatic rings. The second-order valence-electron chi connectivity index (χ2n) is 12.9. The minimum Gasteiger partial charge on any atom is -0.384 e. The number of nitrogens with two attached hydrogens (primary N) is 1. The summed E-state index contributed by atoms with van der Waals surface area (Å²) in [5.74, 6) is 2.44. The highest BCUT2D eigenvalue weighted by Crippen LogP contribution is 2.67. The second-order valence-corrected chi connectivity index (χ2v) is 12.9. The van der Waals surface area contributed by atoms with Gasteiger partial charge in [-0.15, -0.1) is 0 Å². The first-order valence-corrected chi connectivity index (χ1v) is 14.7. The van der Waals surface area contributed by atoms with Gasteiger partial charge < -0.3 is 16.0 Å². The van der Waals surface area contributed by atoms with Crippen LogP contribution in [0.1, 0.15) is 72.1 Å². The smallest absolute Gasteiger partial charge is 0.226 e. The van der Waals surface area contributed by atoms with Crippen LogP contribution in [0.25, 0.3) is 0 Å². The van der Waals surface area contributed by atoms with E-state index in [9.17, 15) is 18.4 Å². The molecule has 0 radical (unpaired) electrons. The average Bonchev–Trinajstić information content (AvgIpc) is 3.26. The van der Waals surface area contributed by atoms with Gasteiger partial charge in [-0.2, -0.15) is 0 Å². The Morgan fingerprint density at radius 1 is 1.05 bits per heavy atom. The van der Waals surface area contributed by atoms with E-state index in [2.05, 4.69) is 36.1 Å². The lowest BCUT2D eigenvalue weighted by molar-refractivity contribution is -0.136. The zero-order valence-electron chi connectivity index (χ0n) is 24.4. The molecule has 7 nitrogen and oxygen atoms in total. The van der Waals surface area contributed by atoms with Crippen molar-refractivity contribution in [1.29, 1.82) is 0 Å². The van der Waals surface area contributed by atoms with E-state index in [1.165, 1.54) is 48.4 Å². The van der Waals surface area contributed by atoms with Crippen molar-refractivity contribution >= 4 is 23.5 Å². The number of anilines is 2. The summed E-state index contributed by atoms with van der Waals surface area (Å²) >= 11 is 0. The Labute approximate surface area is 241 Å². The summed E-state index contributed by atoms with van der Waals surface area (Å²) in [5, 5.41) is 2.86. The Hall–Kier alpha value is -3.36. The van der Waals surface area contributed by atoms with Gasteiger partial charge in [0.25, 0.3) is 0 Å². The molecule has 3 fully saturated rings. The number of likely N-dealkylation sites (tertiary alicyclic amines) is 1. The summed E-state index contributed by atoms with van der Waals surface area (Å²) in [6, 6.07) is 5.51. The van der Waals surface area contributed by atoms with Crippen molar-refractivity contribution in [1.82, 2.24) is 14.9 Å². The van der Waals surface area contributed by atoms with Crippen LogP contribution in [0.15, 0.2) is 47.9 Å². The average molecular weight is 566 g/mol. The van der Waals surface area contributed by atoms with Gasteiger partial charge in [-0.1, -0.05) is 19.4 Å². The van der Waals surface area contributed by atoms with Crippen LogP contribution in [0, 0.1) is 46.1 Å². The molecule has 2 saturated carbocycles. The lowest BCUT2D eigenvalue weighted by atomic mass is 9.48. The Morgan fingerprint density at radius 2 is 1.76 bits per heavy atom. The molecule has 3 aliphatic carbocycles. The van der Waals surface area contributed by atoms with Crippen molar-refractivity contribution in [3.8, 4) is 0 Å². The van der Waals surface area contributed by atoms with Gasteiger partial charge in [0.05, 0.1) is 12.4 Å². The van der Waals surface area contributed by atoms with Gasteiger partial charge in [-0.3, -0.25) is 9.59 Å². The predicted molar refractivity (Wildman–Crippen MR) is 154 cm³/mol. The van der Waals surface area contributed by atoms with Crippen LogP contribution in [0.5, 0.6) is 0 Å². The first-order valence-electron chi connectivity index (χ1n) is 14.7. The highest BCUT2D eigenvalue weighted by Gasteiger charge is 2.60. The molecule has 2 aromatic rings. The van der Waals surface area contributed by atoms with Crippen molar-refractivity contribution in [3.63, 3.8) is 0 Å². The number of hydrogen-bond acceptors (Lipinski definition) is 5. The number of carbonyl (C=O) groups is 2. The SMILES string of the molecule is CC1=C2N(C)C(=O)CC[C@]2(C)C2CC[C@@]3(C)C(CC[C@@H]3CC(=O)Nc3ccc(F)cn3)C2C1.Nc1ccc(F)cn1.